The minimum Gasteiger partial charge on any atom is -0.370 e. The monoisotopic (exact) mass is 215 g/mol. The minimum atomic E-state index is -0.289. The Morgan fingerprint density at radius 1 is 1.07 bits per heavy atom. The molecule has 0 saturated carbocycles. The molecule has 0 aromatic carbocycles. The zero-order valence-electron chi connectivity index (χ0n) is 9.34. The fraction of sp³-hybridized carbons (Fsp3) is 0.800. The Kier molecular flexibility index (Phi) is 8.52. The van der Waals surface area contributed by atoms with E-state index in [1.54, 1.807) is 0 Å². The highest BCUT2D eigenvalue weighted by atomic mass is 16.2. The molecule has 0 atom stereocenters. The van der Waals surface area contributed by atoms with Gasteiger partial charge in [-0.2, -0.15) is 0 Å². The molecule has 5 nitrogen and oxygen atoms in total. The Bertz CT molecular complexity index is 195. The SMILES string of the molecule is CCCCNC(=O)NCCCCC(N)=O. The van der Waals surface area contributed by atoms with Gasteiger partial charge in [0.2, 0.25) is 5.91 Å². The third-order valence-electron chi connectivity index (χ3n) is 1.95. The van der Waals surface area contributed by atoms with Gasteiger partial charge in [-0.25, -0.2) is 4.79 Å². The smallest absolute Gasteiger partial charge is 0.314 e. The zero-order chi connectivity index (χ0) is 11.5. The van der Waals surface area contributed by atoms with Crippen LogP contribution in [0.1, 0.15) is 39.0 Å². The molecule has 0 unspecified atom stereocenters. The second-order valence-corrected chi connectivity index (χ2v) is 3.46. The molecule has 0 aromatic rings. The normalized spacial score (nSPS) is 9.67. The predicted octanol–water partition coefficient (Wildman–Crippen LogP) is 0.741. The summed E-state index contributed by atoms with van der Waals surface area (Å²) in [5.74, 6) is -0.289. The van der Waals surface area contributed by atoms with Crippen molar-refractivity contribution in [2.45, 2.75) is 39.0 Å². The highest BCUT2D eigenvalue weighted by Gasteiger charge is 1.98. The lowest BCUT2D eigenvalue weighted by atomic mass is 10.2. The third kappa shape index (κ3) is 10.7. The van der Waals surface area contributed by atoms with Crippen LogP contribution in [0, 0.1) is 0 Å². The average molecular weight is 215 g/mol. The molecule has 0 aliphatic carbocycles. The number of nitrogens with two attached hydrogens (primary N) is 1. The van der Waals surface area contributed by atoms with E-state index in [0.717, 1.165) is 25.7 Å². The second kappa shape index (κ2) is 9.30. The second-order valence-electron chi connectivity index (χ2n) is 3.46. The van der Waals surface area contributed by atoms with Crippen molar-refractivity contribution in [2.75, 3.05) is 13.1 Å². The highest BCUT2D eigenvalue weighted by molar-refractivity contribution is 5.74. The number of unbranched alkanes of at least 4 members (excludes halogenated alkanes) is 2. The Hall–Kier alpha value is -1.26. The van der Waals surface area contributed by atoms with Crippen LogP contribution < -0.4 is 16.4 Å². The van der Waals surface area contributed by atoms with Gasteiger partial charge >= 0.3 is 6.03 Å². The van der Waals surface area contributed by atoms with E-state index in [0.29, 0.717) is 19.5 Å². The maximum atomic E-state index is 11.1. The van der Waals surface area contributed by atoms with Gasteiger partial charge in [-0.15, -0.1) is 0 Å². The van der Waals surface area contributed by atoms with Gasteiger partial charge in [-0.3, -0.25) is 4.79 Å². The molecule has 5 heteroatoms. The molecule has 0 heterocycles. The maximum absolute atomic E-state index is 11.1. The van der Waals surface area contributed by atoms with Crippen LogP contribution in [0.25, 0.3) is 0 Å². The lowest BCUT2D eigenvalue weighted by Gasteiger charge is -2.06. The zero-order valence-corrected chi connectivity index (χ0v) is 9.34. The fourth-order valence-corrected chi connectivity index (χ4v) is 1.07. The van der Waals surface area contributed by atoms with Gasteiger partial charge in [0.15, 0.2) is 0 Å². The summed E-state index contributed by atoms with van der Waals surface area (Å²) >= 11 is 0. The molecule has 88 valence electrons. The number of hydrogen-bond donors (Lipinski definition) is 3. The molecule has 0 aromatic heterocycles. The largest absolute Gasteiger partial charge is 0.370 e. The molecule has 0 saturated heterocycles. The number of nitrogens with one attached hydrogen (secondary N) is 2. The molecule has 0 aliphatic rings. The molecule has 0 fully saturated rings. The summed E-state index contributed by atoms with van der Waals surface area (Å²) in [5.41, 5.74) is 4.98. The number of hydrogen-bond acceptors (Lipinski definition) is 2. The van der Waals surface area contributed by atoms with Gasteiger partial charge in [-0.05, 0) is 19.3 Å². The topological polar surface area (TPSA) is 84.2 Å². The van der Waals surface area contributed by atoms with E-state index >= 15 is 0 Å². The van der Waals surface area contributed by atoms with Crippen LogP contribution in [0.3, 0.4) is 0 Å². The number of carbonyl (C=O) groups is 2. The van der Waals surface area contributed by atoms with Crippen LogP contribution in [-0.4, -0.2) is 25.0 Å². The summed E-state index contributed by atoms with van der Waals surface area (Å²) in [6.45, 7) is 3.37. The minimum absolute atomic E-state index is 0.137. The van der Waals surface area contributed by atoms with E-state index in [2.05, 4.69) is 17.6 Å². The van der Waals surface area contributed by atoms with Crippen molar-refractivity contribution in [1.29, 1.82) is 0 Å². The summed E-state index contributed by atoms with van der Waals surface area (Å²) in [6, 6.07) is -0.137. The average Bonchev–Trinajstić information content (AvgIpc) is 2.17. The molecule has 15 heavy (non-hydrogen) atoms. The Balaban J connectivity index is 3.20. The summed E-state index contributed by atoms with van der Waals surface area (Å²) in [4.78, 5) is 21.5. The number of primary amides is 1. The van der Waals surface area contributed by atoms with Crippen molar-refractivity contribution < 1.29 is 9.59 Å². The third-order valence-corrected chi connectivity index (χ3v) is 1.95. The van der Waals surface area contributed by atoms with Crippen LogP contribution in [0.15, 0.2) is 0 Å². The van der Waals surface area contributed by atoms with Gasteiger partial charge in [0.1, 0.15) is 0 Å². The van der Waals surface area contributed by atoms with Crippen LogP contribution in [0.4, 0.5) is 4.79 Å². The molecular formula is C10H21N3O2. The van der Waals surface area contributed by atoms with Crippen molar-refractivity contribution in [3.8, 4) is 0 Å². The van der Waals surface area contributed by atoms with E-state index in [4.69, 9.17) is 5.73 Å². The number of rotatable bonds is 8. The molecule has 4 N–H and O–H groups in total. The molecule has 3 amide bonds. The van der Waals surface area contributed by atoms with Crippen molar-refractivity contribution in [1.82, 2.24) is 10.6 Å². The van der Waals surface area contributed by atoms with E-state index in [9.17, 15) is 9.59 Å². The Morgan fingerprint density at radius 3 is 2.20 bits per heavy atom. The van der Waals surface area contributed by atoms with Crippen LogP contribution in [-0.2, 0) is 4.79 Å². The van der Waals surface area contributed by atoms with Gasteiger partial charge in [0.25, 0.3) is 0 Å². The molecule has 0 rings (SSSR count). The quantitative estimate of drug-likeness (QED) is 0.522. The van der Waals surface area contributed by atoms with E-state index < -0.39 is 0 Å². The van der Waals surface area contributed by atoms with Gasteiger partial charge in [0.05, 0.1) is 0 Å². The molecule has 0 spiro atoms. The number of carbonyl (C=O) groups excluding carboxylic acids is 2. The summed E-state index contributed by atoms with van der Waals surface area (Å²) in [6.07, 6.45) is 3.96. The first-order chi connectivity index (χ1) is 7.16. The van der Waals surface area contributed by atoms with E-state index in [1.807, 2.05) is 0 Å². The Morgan fingerprint density at radius 2 is 1.67 bits per heavy atom. The number of amides is 3. The predicted molar refractivity (Wildman–Crippen MR) is 59.4 cm³/mol. The lowest BCUT2D eigenvalue weighted by Crippen LogP contribution is -2.36. The number of urea groups is 1. The van der Waals surface area contributed by atoms with Gasteiger partial charge in [0, 0.05) is 19.5 Å². The van der Waals surface area contributed by atoms with Crippen molar-refractivity contribution in [3.63, 3.8) is 0 Å². The van der Waals surface area contributed by atoms with Crippen molar-refractivity contribution >= 4 is 11.9 Å². The summed E-state index contributed by atoms with van der Waals surface area (Å²) in [7, 11) is 0. The maximum Gasteiger partial charge on any atom is 0.314 e. The van der Waals surface area contributed by atoms with Crippen LogP contribution in [0.5, 0.6) is 0 Å². The van der Waals surface area contributed by atoms with E-state index in [-0.39, 0.29) is 11.9 Å². The molecular weight excluding hydrogens is 194 g/mol. The first-order valence-corrected chi connectivity index (χ1v) is 5.46. The summed E-state index contributed by atoms with van der Waals surface area (Å²) < 4.78 is 0. The molecule has 0 bridgehead atoms. The van der Waals surface area contributed by atoms with Crippen LogP contribution in [0.2, 0.25) is 0 Å². The van der Waals surface area contributed by atoms with E-state index in [1.165, 1.54) is 0 Å². The fourth-order valence-electron chi connectivity index (χ4n) is 1.07. The standard InChI is InChI=1S/C10H21N3O2/c1-2-3-7-12-10(15)13-8-5-4-6-9(11)14/h2-8H2,1H3,(H2,11,14)(H2,12,13,15). The first-order valence-electron chi connectivity index (χ1n) is 5.46. The van der Waals surface area contributed by atoms with Gasteiger partial charge in [-0.1, -0.05) is 13.3 Å². The molecule has 0 radical (unpaired) electrons. The summed E-state index contributed by atoms with van der Waals surface area (Å²) in [5, 5.41) is 5.45. The van der Waals surface area contributed by atoms with Crippen molar-refractivity contribution in [3.05, 3.63) is 0 Å². The Labute approximate surface area is 90.8 Å². The van der Waals surface area contributed by atoms with Crippen molar-refractivity contribution in [2.24, 2.45) is 5.73 Å². The van der Waals surface area contributed by atoms with Crippen LogP contribution >= 0.6 is 0 Å². The first kappa shape index (κ1) is 13.7. The molecule has 0 aliphatic heterocycles. The van der Waals surface area contributed by atoms with Gasteiger partial charge < -0.3 is 16.4 Å². The highest BCUT2D eigenvalue weighted by Crippen LogP contribution is 1.92. The lowest BCUT2D eigenvalue weighted by molar-refractivity contribution is -0.118.